The largest absolute Gasteiger partial charge is 0.336 e. The summed E-state index contributed by atoms with van der Waals surface area (Å²) in [5.74, 6) is 0.596. The third kappa shape index (κ3) is 5.65. The van der Waals surface area contributed by atoms with Crippen LogP contribution in [0.15, 0.2) is 22.7 Å². The molecule has 2 rings (SSSR count). The summed E-state index contributed by atoms with van der Waals surface area (Å²) in [6.07, 6.45) is 6.59. The van der Waals surface area contributed by atoms with Gasteiger partial charge in [0.05, 0.1) is 6.54 Å². The first-order valence-electron chi connectivity index (χ1n) is 8.25. The number of amides is 2. The van der Waals surface area contributed by atoms with Gasteiger partial charge in [-0.3, -0.25) is 9.59 Å². The molecule has 1 aromatic rings. The van der Waals surface area contributed by atoms with E-state index in [9.17, 15) is 9.59 Å². The number of nitrogens with one attached hydrogen (secondary N) is 1. The molecular formula is C18H25BrN2O2. The zero-order valence-corrected chi connectivity index (χ0v) is 15.5. The standard InChI is InChI=1S/C18H25BrN2O2/c1-13-11-15(19)8-9-16(13)20-17(22)12-21(2)18(23)10-7-14-5-3-4-6-14/h8-9,11,14H,3-7,10,12H2,1-2H3,(H,20,22). The third-order valence-electron chi connectivity index (χ3n) is 4.51. The number of nitrogens with zero attached hydrogens (tertiary/aromatic N) is 1. The van der Waals surface area contributed by atoms with Gasteiger partial charge in [0.2, 0.25) is 11.8 Å². The molecule has 4 nitrogen and oxygen atoms in total. The highest BCUT2D eigenvalue weighted by Crippen LogP contribution is 2.28. The Hall–Kier alpha value is -1.36. The topological polar surface area (TPSA) is 49.4 Å². The third-order valence-corrected chi connectivity index (χ3v) is 5.00. The van der Waals surface area contributed by atoms with E-state index in [0.29, 0.717) is 12.3 Å². The van der Waals surface area contributed by atoms with Gasteiger partial charge >= 0.3 is 0 Å². The second-order valence-electron chi connectivity index (χ2n) is 6.45. The van der Waals surface area contributed by atoms with Crippen molar-refractivity contribution in [1.82, 2.24) is 4.90 Å². The second kappa shape index (κ2) is 8.48. The molecule has 5 heteroatoms. The molecule has 0 atom stereocenters. The number of benzene rings is 1. The summed E-state index contributed by atoms with van der Waals surface area (Å²) in [5, 5.41) is 2.87. The SMILES string of the molecule is Cc1cc(Br)ccc1NC(=O)CN(C)C(=O)CCC1CCCC1. The quantitative estimate of drug-likeness (QED) is 0.806. The van der Waals surface area contributed by atoms with Crippen molar-refractivity contribution in [3.63, 3.8) is 0 Å². The van der Waals surface area contributed by atoms with Crippen molar-refractivity contribution in [2.24, 2.45) is 5.92 Å². The Bertz CT molecular complexity index is 568. The Labute approximate surface area is 146 Å². The average molecular weight is 381 g/mol. The number of hydrogen-bond acceptors (Lipinski definition) is 2. The van der Waals surface area contributed by atoms with E-state index < -0.39 is 0 Å². The number of aryl methyl sites for hydroxylation is 1. The molecule has 0 saturated heterocycles. The number of carbonyl (C=O) groups excluding carboxylic acids is 2. The molecule has 1 fully saturated rings. The first-order valence-corrected chi connectivity index (χ1v) is 9.05. The van der Waals surface area contributed by atoms with E-state index in [1.807, 2.05) is 25.1 Å². The van der Waals surface area contributed by atoms with Crippen LogP contribution in [0.2, 0.25) is 0 Å². The lowest BCUT2D eigenvalue weighted by Gasteiger charge is -2.18. The molecule has 1 aliphatic rings. The zero-order chi connectivity index (χ0) is 16.8. The van der Waals surface area contributed by atoms with Gasteiger partial charge in [-0.05, 0) is 43.0 Å². The fourth-order valence-corrected chi connectivity index (χ4v) is 3.55. The van der Waals surface area contributed by atoms with Crippen molar-refractivity contribution in [2.45, 2.75) is 45.4 Å². The number of anilines is 1. The van der Waals surface area contributed by atoms with Crippen molar-refractivity contribution in [3.8, 4) is 0 Å². The van der Waals surface area contributed by atoms with Gasteiger partial charge in [-0.15, -0.1) is 0 Å². The van der Waals surface area contributed by atoms with Crippen LogP contribution in [0.5, 0.6) is 0 Å². The Morgan fingerprint density at radius 3 is 2.65 bits per heavy atom. The summed E-state index contributed by atoms with van der Waals surface area (Å²) in [6, 6.07) is 5.70. The van der Waals surface area contributed by atoms with Crippen LogP contribution >= 0.6 is 15.9 Å². The molecule has 126 valence electrons. The van der Waals surface area contributed by atoms with Gasteiger partial charge in [-0.25, -0.2) is 0 Å². The van der Waals surface area contributed by atoms with Crippen LogP contribution < -0.4 is 5.32 Å². The van der Waals surface area contributed by atoms with Gasteiger partial charge in [0, 0.05) is 23.6 Å². The maximum Gasteiger partial charge on any atom is 0.243 e. The molecule has 1 saturated carbocycles. The molecule has 0 radical (unpaired) electrons. The summed E-state index contributed by atoms with van der Waals surface area (Å²) in [7, 11) is 1.70. The lowest BCUT2D eigenvalue weighted by Crippen LogP contribution is -2.35. The average Bonchev–Trinajstić information content (AvgIpc) is 3.01. The van der Waals surface area contributed by atoms with Crippen LogP contribution in [-0.2, 0) is 9.59 Å². The molecule has 0 aliphatic heterocycles. The van der Waals surface area contributed by atoms with Gasteiger partial charge in [0.15, 0.2) is 0 Å². The maximum atomic E-state index is 12.1. The van der Waals surface area contributed by atoms with Crippen LogP contribution in [0.3, 0.4) is 0 Å². The van der Waals surface area contributed by atoms with Crippen molar-refractivity contribution in [2.75, 3.05) is 18.9 Å². The normalized spacial score (nSPS) is 14.7. The highest BCUT2D eigenvalue weighted by Gasteiger charge is 2.18. The zero-order valence-electron chi connectivity index (χ0n) is 13.9. The Kier molecular flexibility index (Phi) is 6.63. The van der Waals surface area contributed by atoms with E-state index in [0.717, 1.165) is 22.1 Å². The molecule has 0 spiro atoms. The van der Waals surface area contributed by atoms with Gasteiger partial charge in [-0.1, -0.05) is 41.6 Å². The van der Waals surface area contributed by atoms with E-state index in [4.69, 9.17) is 0 Å². The highest BCUT2D eigenvalue weighted by molar-refractivity contribution is 9.10. The molecule has 2 amide bonds. The van der Waals surface area contributed by atoms with Gasteiger partial charge < -0.3 is 10.2 Å². The van der Waals surface area contributed by atoms with E-state index in [-0.39, 0.29) is 18.4 Å². The van der Waals surface area contributed by atoms with Crippen LogP contribution in [0, 0.1) is 12.8 Å². The lowest BCUT2D eigenvalue weighted by atomic mass is 10.0. The Morgan fingerprint density at radius 2 is 2.00 bits per heavy atom. The first kappa shape index (κ1) is 18.0. The monoisotopic (exact) mass is 380 g/mol. The van der Waals surface area contributed by atoms with Gasteiger partial charge in [0.25, 0.3) is 0 Å². The maximum absolute atomic E-state index is 12.1. The molecule has 1 N–H and O–H groups in total. The summed E-state index contributed by atoms with van der Waals surface area (Å²) >= 11 is 3.40. The number of halogens is 1. The van der Waals surface area contributed by atoms with Crippen LogP contribution in [-0.4, -0.2) is 30.3 Å². The lowest BCUT2D eigenvalue weighted by molar-refractivity contribution is -0.133. The van der Waals surface area contributed by atoms with E-state index in [1.165, 1.54) is 30.6 Å². The molecule has 1 aliphatic carbocycles. The highest BCUT2D eigenvalue weighted by atomic mass is 79.9. The summed E-state index contributed by atoms with van der Waals surface area (Å²) in [6.45, 7) is 2.04. The van der Waals surface area contributed by atoms with Crippen molar-refractivity contribution in [3.05, 3.63) is 28.2 Å². The number of carbonyl (C=O) groups is 2. The fraction of sp³-hybridized carbons (Fsp3) is 0.556. The van der Waals surface area contributed by atoms with Crippen molar-refractivity contribution < 1.29 is 9.59 Å². The van der Waals surface area contributed by atoms with Crippen LogP contribution in [0.1, 0.15) is 44.1 Å². The van der Waals surface area contributed by atoms with Gasteiger partial charge in [-0.2, -0.15) is 0 Å². The molecule has 1 aromatic carbocycles. The van der Waals surface area contributed by atoms with E-state index >= 15 is 0 Å². The predicted octanol–water partition coefficient (Wildman–Crippen LogP) is 4.12. The van der Waals surface area contributed by atoms with E-state index in [1.54, 1.807) is 7.05 Å². The molecule has 0 heterocycles. The van der Waals surface area contributed by atoms with Crippen molar-refractivity contribution in [1.29, 1.82) is 0 Å². The minimum absolute atomic E-state index is 0.0552. The predicted molar refractivity (Wildman–Crippen MR) is 96.3 cm³/mol. The minimum atomic E-state index is -0.160. The van der Waals surface area contributed by atoms with Crippen LogP contribution in [0.4, 0.5) is 5.69 Å². The Morgan fingerprint density at radius 1 is 1.30 bits per heavy atom. The van der Waals surface area contributed by atoms with Crippen LogP contribution in [0.25, 0.3) is 0 Å². The fourth-order valence-electron chi connectivity index (χ4n) is 3.08. The molecule has 0 aromatic heterocycles. The molecule has 0 bridgehead atoms. The van der Waals surface area contributed by atoms with E-state index in [2.05, 4.69) is 21.2 Å². The summed E-state index contributed by atoms with van der Waals surface area (Å²) in [4.78, 5) is 25.8. The number of rotatable bonds is 6. The van der Waals surface area contributed by atoms with Gasteiger partial charge in [0.1, 0.15) is 0 Å². The second-order valence-corrected chi connectivity index (χ2v) is 7.36. The number of hydrogen-bond donors (Lipinski definition) is 1. The minimum Gasteiger partial charge on any atom is -0.336 e. The molecular weight excluding hydrogens is 356 g/mol. The smallest absolute Gasteiger partial charge is 0.243 e. The van der Waals surface area contributed by atoms with Crippen molar-refractivity contribution >= 4 is 33.4 Å². The molecule has 23 heavy (non-hydrogen) atoms. The summed E-state index contributed by atoms with van der Waals surface area (Å²) in [5.41, 5.74) is 1.77. The number of likely N-dealkylation sites (N-methyl/N-ethyl adjacent to an activating group) is 1. The molecule has 0 unspecified atom stereocenters. The first-order chi connectivity index (χ1) is 11.0. The summed E-state index contributed by atoms with van der Waals surface area (Å²) < 4.78 is 0.979. The Balaban J connectivity index is 1.77.